The van der Waals surface area contributed by atoms with E-state index in [1.807, 2.05) is 18.2 Å². The third-order valence-electron chi connectivity index (χ3n) is 5.13. The first kappa shape index (κ1) is 17.7. The van der Waals surface area contributed by atoms with Crippen LogP contribution in [0.15, 0.2) is 22.7 Å². The van der Waals surface area contributed by atoms with Crippen LogP contribution >= 0.6 is 0 Å². The molecule has 27 heavy (non-hydrogen) atoms. The van der Waals surface area contributed by atoms with Crippen LogP contribution in [0, 0.1) is 13.8 Å². The van der Waals surface area contributed by atoms with Gasteiger partial charge in [0.1, 0.15) is 22.9 Å². The lowest BCUT2D eigenvalue weighted by Gasteiger charge is -2.43. The number of hydrogen-bond donors (Lipinski definition) is 1. The summed E-state index contributed by atoms with van der Waals surface area (Å²) >= 11 is 0. The zero-order valence-corrected chi connectivity index (χ0v) is 15.7. The minimum atomic E-state index is -0.679. The van der Waals surface area contributed by atoms with Gasteiger partial charge in [-0.25, -0.2) is 4.79 Å². The topological polar surface area (TPSA) is 86.1 Å². The van der Waals surface area contributed by atoms with E-state index in [0.717, 1.165) is 17.1 Å². The first-order valence-corrected chi connectivity index (χ1v) is 8.98. The number of likely N-dealkylation sites (tertiary alicyclic amines) is 1. The third-order valence-corrected chi connectivity index (χ3v) is 5.13. The monoisotopic (exact) mass is 373 g/mol. The predicted molar refractivity (Wildman–Crippen MR) is 96.9 cm³/mol. The number of nitrogens with one attached hydrogen (secondary N) is 1. The third kappa shape index (κ3) is 3.32. The SMILES string of the molecule is COc1ccc2c(c1)COC1(CCN(C(=O)Nc3c(C)noc3C)CC1)O2. The quantitative estimate of drug-likeness (QED) is 0.870. The highest BCUT2D eigenvalue weighted by Gasteiger charge is 2.42. The van der Waals surface area contributed by atoms with Crippen molar-refractivity contribution in [1.29, 1.82) is 0 Å². The Kier molecular flexibility index (Phi) is 4.43. The Hall–Kier alpha value is -2.74. The highest BCUT2D eigenvalue weighted by atomic mass is 16.7. The van der Waals surface area contributed by atoms with Gasteiger partial charge in [-0.15, -0.1) is 0 Å². The van der Waals surface area contributed by atoms with Crippen molar-refractivity contribution in [3.63, 3.8) is 0 Å². The zero-order valence-electron chi connectivity index (χ0n) is 15.7. The molecular formula is C19H23N3O5. The Labute approximate surface area is 157 Å². The van der Waals surface area contributed by atoms with Crippen LogP contribution < -0.4 is 14.8 Å². The van der Waals surface area contributed by atoms with Gasteiger partial charge in [0.25, 0.3) is 0 Å². The molecule has 1 spiro atoms. The summed E-state index contributed by atoms with van der Waals surface area (Å²) in [5, 5.41) is 6.74. The summed E-state index contributed by atoms with van der Waals surface area (Å²) in [6.45, 7) is 5.13. The van der Waals surface area contributed by atoms with Gasteiger partial charge in [0.15, 0.2) is 5.76 Å². The van der Waals surface area contributed by atoms with E-state index in [4.69, 9.17) is 18.7 Å². The summed E-state index contributed by atoms with van der Waals surface area (Å²) in [7, 11) is 1.64. The van der Waals surface area contributed by atoms with E-state index in [2.05, 4.69) is 10.5 Å². The maximum absolute atomic E-state index is 12.6. The number of amides is 2. The second kappa shape index (κ2) is 6.77. The lowest BCUT2D eigenvalue weighted by Crippen LogP contribution is -2.53. The van der Waals surface area contributed by atoms with E-state index in [9.17, 15) is 4.79 Å². The molecular weight excluding hydrogens is 350 g/mol. The molecule has 0 saturated carbocycles. The molecule has 2 aromatic rings. The summed E-state index contributed by atoms with van der Waals surface area (Å²) in [6.07, 6.45) is 1.21. The molecule has 144 valence electrons. The van der Waals surface area contributed by atoms with Gasteiger partial charge in [0.2, 0.25) is 5.79 Å². The van der Waals surface area contributed by atoms with Crippen LogP contribution in [0.2, 0.25) is 0 Å². The number of anilines is 1. The Morgan fingerprint density at radius 3 is 2.74 bits per heavy atom. The summed E-state index contributed by atoms with van der Waals surface area (Å²) < 4.78 is 22.5. The lowest BCUT2D eigenvalue weighted by molar-refractivity contribution is -0.225. The Morgan fingerprint density at radius 1 is 1.30 bits per heavy atom. The van der Waals surface area contributed by atoms with Crippen molar-refractivity contribution in [2.24, 2.45) is 0 Å². The maximum atomic E-state index is 12.6. The molecule has 0 radical (unpaired) electrons. The first-order valence-electron chi connectivity index (χ1n) is 8.98. The second-order valence-electron chi connectivity index (χ2n) is 6.89. The van der Waals surface area contributed by atoms with Crippen LogP contribution in [0.5, 0.6) is 11.5 Å². The van der Waals surface area contributed by atoms with Crippen molar-refractivity contribution in [3.8, 4) is 11.5 Å². The van der Waals surface area contributed by atoms with Crippen LogP contribution in [-0.4, -0.2) is 42.1 Å². The first-order chi connectivity index (χ1) is 13.0. The van der Waals surface area contributed by atoms with Gasteiger partial charge < -0.3 is 29.0 Å². The van der Waals surface area contributed by atoms with Crippen LogP contribution in [0.4, 0.5) is 10.5 Å². The van der Waals surface area contributed by atoms with E-state index in [1.165, 1.54) is 0 Å². The number of rotatable bonds is 2. The number of carbonyl (C=O) groups is 1. The molecule has 0 atom stereocenters. The zero-order chi connectivity index (χ0) is 19.0. The Bertz CT molecular complexity index is 836. The molecule has 1 fully saturated rings. The van der Waals surface area contributed by atoms with Crippen molar-refractivity contribution in [2.75, 3.05) is 25.5 Å². The average molecular weight is 373 g/mol. The normalized spacial score (nSPS) is 18.0. The fourth-order valence-corrected chi connectivity index (χ4v) is 3.48. The summed E-state index contributed by atoms with van der Waals surface area (Å²) in [5.41, 5.74) is 2.27. The van der Waals surface area contributed by atoms with Crippen molar-refractivity contribution in [3.05, 3.63) is 35.2 Å². The highest BCUT2D eigenvalue weighted by molar-refractivity contribution is 5.90. The number of carbonyl (C=O) groups excluding carboxylic acids is 1. The van der Waals surface area contributed by atoms with Crippen LogP contribution in [0.3, 0.4) is 0 Å². The minimum absolute atomic E-state index is 0.166. The molecule has 2 aliphatic rings. The van der Waals surface area contributed by atoms with Crippen molar-refractivity contribution < 1.29 is 23.5 Å². The van der Waals surface area contributed by atoms with Crippen LogP contribution in [0.25, 0.3) is 0 Å². The molecule has 2 aliphatic heterocycles. The Morgan fingerprint density at radius 2 is 2.07 bits per heavy atom. The van der Waals surface area contributed by atoms with Gasteiger partial charge >= 0.3 is 6.03 Å². The molecule has 0 aliphatic carbocycles. The summed E-state index contributed by atoms with van der Waals surface area (Å²) in [6, 6.07) is 5.55. The number of hydrogen-bond acceptors (Lipinski definition) is 6. The molecule has 1 aromatic heterocycles. The number of methoxy groups -OCH3 is 1. The van der Waals surface area contributed by atoms with Crippen molar-refractivity contribution in [2.45, 2.75) is 39.1 Å². The number of benzene rings is 1. The average Bonchev–Trinajstić information content (AvgIpc) is 3.00. The van der Waals surface area contributed by atoms with Crippen molar-refractivity contribution in [1.82, 2.24) is 10.1 Å². The number of aryl methyl sites for hydroxylation is 2. The molecule has 1 saturated heterocycles. The smallest absolute Gasteiger partial charge is 0.321 e. The second-order valence-corrected chi connectivity index (χ2v) is 6.89. The lowest BCUT2D eigenvalue weighted by atomic mass is 10.0. The van der Waals surface area contributed by atoms with Gasteiger partial charge in [-0.2, -0.15) is 0 Å². The number of nitrogens with zero attached hydrogens (tertiary/aromatic N) is 2. The molecule has 4 rings (SSSR count). The molecule has 0 bridgehead atoms. The molecule has 8 heteroatoms. The van der Waals surface area contributed by atoms with Gasteiger partial charge in [-0.3, -0.25) is 0 Å². The van der Waals surface area contributed by atoms with Crippen molar-refractivity contribution >= 4 is 11.7 Å². The molecule has 1 N–H and O–H groups in total. The highest BCUT2D eigenvalue weighted by Crippen LogP contribution is 2.38. The van der Waals surface area contributed by atoms with E-state index in [0.29, 0.717) is 49.7 Å². The van der Waals surface area contributed by atoms with Crippen LogP contribution in [-0.2, 0) is 11.3 Å². The van der Waals surface area contributed by atoms with Crippen LogP contribution in [0.1, 0.15) is 29.9 Å². The molecule has 3 heterocycles. The van der Waals surface area contributed by atoms with Gasteiger partial charge in [0, 0.05) is 31.5 Å². The molecule has 1 aromatic carbocycles. The molecule has 0 unspecified atom stereocenters. The fraction of sp³-hybridized carbons (Fsp3) is 0.474. The standard InChI is InChI=1S/C19H23N3O5/c1-12-17(13(2)27-21-12)20-18(23)22-8-6-19(7-9-22)25-11-14-10-15(24-3)4-5-16(14)26-19/h4-5,10H,6-9,11H2,1-3H3,(H,20,23). The van der Waals surface area contributed by atoms with E-state index < -0.39 is 5.79 Å². The van der Waals surface area contributed by atoms with Gasteiger partial charge in [0.05, 0.1) is 13.7 Å². The van der Waals surface area contributed by atoms with Gasteiger partial charge in [-0.1, -0.05) is 5.16 Å². The largest absolute Gasteiger partial charge is 0.497 e. The van der Waals surface area contributed by atoms with E-state index in [1.54, 1.807) is 25.9 Å². The number of urea groups is 1. The van der Waals surface area contributed by atoms with Gasteiger partial charge in [-0.05, 0) is 32.0 Å². The number of aromatic nitrogens is 1. The molecule has 2 amide bonds. The molecule has 8 nitrogen and oxygen atoms in total. The van der Waals surface area contributed by atoms with E-state index >= 15 is 0 Å². The number of ether oxygens (including phenoxy) is 3. The fourth-order valence-electron chi connectivity index (χ4n) is 3.48. The summed E-state index contributed by atoms with van der Waals surface area (Å²) in [5.74, 6) is 1.51. The summed E-state index contributed by atoms with van der Waals surface area (Å²) in [4.78, 5) is 14.3. The predicted octanol–water partition coefficient (Wildman–Crippen LogP) is 3.23. The number of piperidine rings is 1. The number of fused-ring (bicyclic) bond motifs is 1. The Balaban J connectivity index is 1.39. The maximum Gasteiger partial charge on any atom is 0.321 e. The minimum Gasteiger partial charge on any atom is -0.497 e. The van der Waals surface area contributed by atoms with E-state index in [-0.39, 0.29) is 6.03 Å².